The first-order valence-corrected chi connectivity index (χ1v) is 11.5. The van der Waals surface area contributed by atoms with Crippen LogP contribution < -0.4 is 4.90 Å². The normalized spacial score (nSPS) is 23.1. The van der Waals surface area contributed by atoms with E-state index in [1.165, 1.54) is 33.5 Å². The van der Waals surface area contributed by atoms with Crippen molar-refractivity contribution >= 4 is 21.8 Å². The number of rotatable bonds is 4. The smallest absolute Gasteiger partial charge is 0.243 e. The summed E-state index contributed by atoms with van der Waals surface area (Å²) in [5.41, 5.74) is -0.0460. The number of piperazine rings is 1. The topological polar surface area (TPSA) is 103 Å². The maximum Gasteiger partial charge on any atom is 0.243 e. The number of carbonyl (C=O) groups excluding carboxylic acids is 2. The number of sulfonamides is 1. The molecule has 0 aromatic heterocycles. The SMILES string of the molecule is N#Cc1ccc(S(=O)(=O)N2CC[NH+](CN3C(=O)CC4(CCCC4)C3=O)CC2)cc1. The zero-order valence-electron chi connectivity index (χ0n) is 16.3. The van der Waals surface area contributed by atoms with Gasteiger partial charge in [-0.3, -0.25) is 9.59 Å². The molecule has 1 aromatic carbocycles. The van der Waals surface area contributed by atoms with Gasteiger partial charge in [0.05, 0.1) is 48.1 Å². The summed E-state index contributed by atoms with van der Waals surface area (Å²) in [4.78, 5) is 27.9. The van der Waals surface area contributed by atoms with Crippen molar-refractivity contribution in [2.75, 3.05) is 32.8 Å². The molecule has 29 heavy (non-hydrogen) atoms. The van der Waals surface area contributed by atoms with Crippen LogP contribution in [0.1, 0.15) is 37.7 Å². The third-order valence-corrected chi connectivity index (χ3v) is 8.40. The summed E-state index contributed by atoms with van der Waals surface area (Å²) in [6.07, 6.45) is 3.95. The number of amides is 2. The minimum absolute atomic E-state index is 0.0277. The zero-order valence-corrected chi connectivity index (χ0v) is 17.1. The Balaban J connectivity index is 1.37. The summed E-state index contributed by atoms with van der Waals surface area (Å²) in [7, 11) is -3.61. The lowest BCUT2D eigenvalue weighted by Crippen LogP contribution is -3.16. The Kier molecular flexibility index (Phi) is 5.19. The van der Waals surface area contributed by atoms with Gasteiger partial charge in [-0.05, 0) is 37.1 Å². The van der Waals surface area contributed by atoms with Crippen LogP contribution in [-0.2, 0) is 19.6 Å². The summed E-state index contributed by atoms with van der Waals surface area (Å²) < 4.78 is 27.1. The maximum absolute atomic E-state index is 12.8. The van der Waals surface area contributed by atoms with E-state index in [1.807, 2.05) is 6.07 Å². The molecule has 2 amide bonds. The lowest BCUT2D eigenvalue weighted by atomic mass is 9.85. The van der Waals surface area contributed by atoms with Gasteiger partial charge in [0.15, 0.2) is 6.67 Å². The van der Waals surface area contributed by atoms with E-state index in [4.69, 9.17) is 5.26 Å². The number of nitriles is 1. The van der Waals surface area contributed by atoms with E-state index in [0.29, 0.717) is 44.8 Å². The largest absolute Gasteiger partial charge is 0.315 e. The van der Waals surface area contributed by atoms with Crippen LogP contribution in [0.4, 0.5) is 0 Å². The fourth-order valence-corrected chi connectivity index (χ4v) is 6.18. The highest BCUT2D eigenvalue weighted by molar-refractivity contribution is 7.89. The predicted molar refractivity (Wildman–Crippen MR) is 103 cm³/mol. The summed E-state index contributed by atoms with van der Waals surface area (Å²) >= 11 is 0. The maximum atomic E-state index is 12.8. The molecular formula is C20H25N4O4S+. The Morgan fingerprint density at radius 1 is 1.07 bits per heavy atom. The average molecular weight is 418 g/mol. The molecule has 3 fully saturated rings. The molecule has 3 aliphatic rings. The van der Waals surface area contributed by atoms with Gasteiger partial charge in [-0.1, -0.05) is 12.8 Å². The number of imide groups is 1. The van der Waals surface area contributed by atoms with Crippen molar-refractivity contribution < 1.29 is 22.9 Å². The van der Waals surface area contributed by atoms with E-state index < -0.39 is 15.4 Å². The third kappa shape index (κ3) is 3.56. The number of quaternary nitrogens is 1. The second-order valence-corrected chi connectivity index (χ2v) is 10.2. The molecule has 1 N–H and O–H groups in total. The number of likely N-dealkylation sites (tertiary alicyclic amines) is 1. The van der Waals surface area contributed by atoms with E-state index in [-0.39, 0.29) is 16.7 Å². The van der Waals surface area contributed by atoms with Crippen LogP contribution in [0.5, 0.6) is 0 Å². The number of hydrogen-bond donors (Lipinski definition) is 1. The Labute approximate surface area is 170 Å². The molecule has 0 radical (unpaired) electrons. The molecule has 4 rings (SSSR count). The second-order valence-electron chi connectivity index (χ2n) is 8.24. The summed E-state index contributed by atoms with van der Waals surface area (Å²) in [5.74, 6) is -0.114. The highest BCUT2D eigenvalue weighted by Crippen LogP contribution is 2.46. The fraction of sp³-hybridized carbons (Fsp3) is 0.550. The van der Waals surface area contributed by atoms with Crippen molar-refractivity contribution in [3.8, 4) is 6.07 Å². The number of carbonyl (C=O) groups is 2. The van der Waals surface area contributed by atoms with Crippen LogP contribution in [-0.4, -0.2) is 62.3 Å². The first kappa shape index (κ1) is 20.0. The summed E-state index contributed by atoms with van der Waals surface area (Å²) in [6, 6.07) is 7.88. The highest BCUT2D eigenvalue weighted by atomic mass is 32.2. The number of benzene rings is 1. The van der Waals surface area contributed by atoms with Gasteiger partial charge in [0, 0.05) is 6.42 Å². The van der Waals surface area contributed by atoms with Gasteiger partial charge < -0.3 is 4.90 Å². The summed E-state index contributed by atoms with van der Waals surface area (Å²) in [6.45, 7) is 2.07. The monoisotopic (exact) mass is 417 g/mol. The molecular weight excluding hydrogens is 392 g/mol. The Bertz CT molecular complexity index is 953. The molecule has 2 saturated heterocycles. The fourth-order valence-electron chi connectivity index (χ4n) is 4.74. The molecule has 1 saturated carbocycles. The van der Waals surface area contributed by atoms with Crippen molar-refractivity contribution in [2.24, 2.45) is 5.41 Å². The molecule has 2 heterocycles. The molecule has 2 aliphatic heterocycles. The van der Waals surface area contributed by atoms with Crippen molar-refractivity contribution in [3.05, 3.63) is 29.8 Å². The van der Waals surface area contributed by atoms with E-state index in [0.717, 1.165) is 30.6 Å². The molecule has 0 atom stereocenters. The first-order valence-electron chi connectivity index (χ1n) is 10.0. The van der Waals surface area contributed by atoms with Crippen LogP contribution in [0, 0.1) is 16.7 Å². The van der Waals surface area contributed by atoms with E-state index in [9.17, 15) is 18.0 Å². The van der Waals surface area contributed by atoms with Gasteiger partial charge in [0.1, 0.15) is 0 Å². The molecule has 9 heteroatoms. The highest BCUT2D eigenvalue weighted by Gasteiger charge is 2.53. The third-order valence-electron chi connectivity index (χ3n) is 6.48. The standard InChI is InChI=1S/C20H24N4O4S/c21-14-16-3-5-17(6-4-16)29(27,28)23-11-9-22(10-12-23)15-24-18(25)13-20(19(24)26)7-1-2-8-20/h3-6H,1-2,7-13,15H2/p+1. The Morgan fingerprint density at radius 2 is 1.69 bits per heavy atom. The Morgan fingerprint density at radius 3 is 2.28 bits per heavy atom. The molecule has 154 valence electrons. The predicted octanol–water partition coefficient (Wildman–Crippen LogP) is -0.276. The van der Waals surface area contributed by atoms with Gasteiger partial charge >= 0.3 is 0 Å². The van der Waals surface area contributed by atoms with Crippen molar-refractivity contribution in [2.45, 2.75) is 37.0 Å². The van der Waals surface area contributed by atoms with Crippen LogP contribution in [0.3, 0.4) is 0 Å². The van der Waals surface area contributed by atoms with Crippen molar-refractivity contribution in [1.82, 2.24) is 9.21 Å². The Hall–Kier alpha value is -2.28. The van der Waals surface area contributed by atoms with Gasteiger partial charge in [-0.15, -0.1) is 0 Å². The van der Waals surface area contributed by atoms with Gasteiger partial charge in [-0.2, -0.15) is 9.57 Å². The van der Waals surface area contributed by atoms with Crippen molar-refractivity contribution in [3.63, 3.8) is 0 Å². The van der Waals surface area contributed by atoms with Crippen molar-refractivity contribution in [1.29, 1.82) is 5.26 Å². The lowest BCUT2D eigenvalue weighted by molar-refractivity contribution is -0.910. The molecule has 1 spiro atoms. The molecule has 1 aromatic rings. The van der Waals surface area contributed by atoms with Crippen LogP contribution >= 0.6 is 0 Å². The van der Waals surface area contributed by atoms with E-state index in [1.54, 1.807) is 0 Å². The van der Waals surface area contributed by atoms with Gasteiger partial charge in [-0.25, -0.2) is 13.3 Å². The lowest BCUT2D eigenvalue weighted by Gasteiger charge is -2.33. The molecule has 0 unspecified atom stereocenters. The van der Waals surface area contributed by atoms with E-state index in [2.05, 4.69) is 0 Å². The average Bonchev–Trinajstić information content (AvgIpc) is 3.29. The van der Waals surface area contributed by atoms with Crippen LogP contribution in [0.15, 0.2) is 29.2 Å². The zero-order chi connectivity index (χ0) is 20.6. The van der Waals surface area contributed by atoms with Gasteiger partial charge in [0.2, 0.25) is 21.8 Å². The summed E-state index contributed by atoms with van der Waals surface area (Å²) in [5, 5.41) is 8.87. The van der Waals surface area contributed by atoms with Gasteiger partial charge in [0.25, 0.3) is 0 Å². The number of hydrogen-bond acceptors (Lipinski definition) is 5. The number of nitrogens with one attached hydrogen (secondary N) is 1. The minimum Gasteiger partial charge on any atom is -0.315 e. The van der Waals surface area contributed by atoms with Crippen LogP contribution in [0.25, 0.3) is 0 Å². The minimum atomic E-state index is -3.61. The molecule has 8 nitrogen and oxygen atoms in total. The molecule has 1 aliphatic carbocycles. The first-order chi connectivity index (χ1) is 13.9. The quantitative estimate of drug-likeness (QED) is 0.679. The molecule has 0 bridgehead atoms. The van der Waals surface area contributed by atoms with E-state index >= 15 is 0 Å². The number of nitrogens with zero attached hydrogens (tertiary/aromatic N) is 3. The van der Waals surface area contributed by atoms with Crippen LogP contribution in [0.2, 0.25) is 0 Å². The second kappa shape index (κ2) is 7.52.